The predicted molar refractivity (Wildman–Crippen MR) is 55.6 cm³/mol. The van der Waals surface area contributed by atoms with E-state index in [2.05, 4.69) is 17.2 Å². The van der Waals surface area contributed by atoms with Gasteiger partial charge in [0, 0.05) is 12.7 Å². The molecule has 0 amide bonds. The number of ether oxygens (including phenoxy) is 1. The van der Waals surface area contributed by atoms with Gasteiger partial charge in [-0.05, 0) is 18.6 Å². The van der Waals surface area contributed by atoms with Gasteiger partial charge >= 0.3 is 0 Å². The van der Waals surface area contributed by atoms with Gasteiger partial charge in [0.2, 0.25) is 0 Å². The predicted octanol–water partition coefficient (Wildman–Crippen LogP) is 1.27. The number of aromatic nitrogens is 1. The highest BCUT2D eigenvalue weighted by Gasteiger charge is 2.02. The third kappa shape index (κ3) is 3.22. The van der Waals surface area contributed by atoms with Crippen LogP contribution >= 0.6 is 0 Å². The minimum atomic E-state index is 0.0871. The van der Waals surface area contributed by atoms with Crippen LogP contribution in [0.1, 0.15) is 13.3 Å². The molecule has 2 N–H and O–H groups in total. The Bertz CT molecular complexity index is 239. The van der Waals surface area contributed by atoms with Crippen LogP contribution in [0, 0.1) is 0 Å². The molecule has 14 heavy (non-hydrogen) atoms. The van der Waals surface area contributed by atoms with Crippen LogP contribution in [0.25, 0.3) is 0 Å². The van der Waals surface area contributed by atoms with Crippen molar-refractivity contribution in [3.63, 3.8) is 0 Å². The van der Waals surface area contributed by atoms with Crippen LogP contribution in [-0.4, -0.2) is 29.8 Å². The van der Waals surface area contributed by atoms with Crippen molar-refractivity contribution in [1.29, 1.82) is 0 Å². The topological polar surface area (TPSA) is 54.4 Å². The highest BCUT2D eigenvalue weighted by atomic mass is 16.5. The number of nitrogens with zero attached hydrogens (tertiary/aromatic N) is 1. The van der Waals surface area contributed by atoms with Crippen molar-refractivity contribution < 1.29 is 9.84 Å². The molecule has 0 unspecified atom stereocenters. The van der Waals surface area contributed by atoms with Crippen molar-refractivity contribution in [3.8, 4) is 5.75 Å². The Morgan fingerprint density at radius 1 is 1.57 bits per heavy atom. The Labute approximate surface area is 83.9 Å². The van der Waals surface area contributed by atoms with E-state index in [1.807, 2.05) is 12.1 Å². The molecule has 0 bridgehead atoms. The number of aliphatic hydroxyl groups is 1. The average Bonchev–Trinajstić information content (AvgIpc) is 2.24. The first-order valence-corrected chi connectivity index (χ1v) is 4.81. The Kier molecular flexibility index (Phi) is 4.78. The minimum Gasteiger partial charge on any atom is -0.490 e. The van der Waals surface area contributed by atoms with Crippen LogP contribution in [0.15, 0.2) is 18.3 Å². The largest absolute Gasteiger partial charge is 0.490 e. The van der Waals surface area contributed by atoms with Gasteiger partial charge < -0.3 is 15.2 Å². The van der Waals surface area contributed by atoms with E-state index in [9.17, 15) is 0 Å². The second-order valence-electron chi connectivity index (χ2n) is 2.85. The second-order valence-corrected chi connectivity index (χ2v) is 2.85. The van der Waals surface area contributed by atoms with E-state index in [1.54, 1.807) is 6.20 Å². The van der Waals surface area contributed by atoms with Crippen LogP contribution in [0.5, 0.6) is 5.75 Å². The molecule has 0 aliphatic heterocycles. The molecule has 0 aliphatic rings. The van der Waals surface area contributed by atoms with Gasteiger partial charge in [0.25, 0.3) is 0 Å². The quantitative estimate of drug-likeness (QED) is 0.719. The van der Waals surface area contributed by atoms with E-state index in [1.165, 1.54) is 0 Å². The molecule has 0 fully saturated rings. The van der Waals surface area contributed by atoms with E-state index in [0.29, 0.717) is 19.0 Å². The van der Waals surface area contributed by atoms with E-state index < -0.39 is 0 Å². The first-order chi connectivity index (χ1) is 6.88. The lowest BCUT2D eigenvalue weighted by Gasteiger charge is -2.10. The number of hydrogen-bond donors (Lipinski definition) is 2. The molecular formula is C10H16N2O2. The minimum absolute atomic E-state index is 0.0871. The standard InChI is InChI=1S/C10H16N2O2/c1-2-8-14-9-4-3-5-11-10(9)12-6-7-13/h3-5,13H,2,6-8H2,1H3,(H,11,12). The molecule has 1 aromatic heterocycles. The van der Waals surface area contributed by atoms with Crippen molar-refractivity contribution in [2.75, 3.05) is 25.1 Å². The lowest BCUT2D eigenvalue weighted by Crippen LogP contribution is -2.09. The van der Waals surface area contributed by atoms with Gasteiger partial charge in [-0.1, -0.05) is 6.92 Å². The van der Waals surface area contributed by atoms with Gasteiger partial charge in [-0.25, -0.2) is 4.98 Å². The Balaban J connectivity index is 2.60. The van der Waals surface area contributed by atoms with E-state index >= 15 is 0 Å². The summed E-state index contributed by atoms with van der Waals surface area (Å²) in [6, 6.07) is 3.69. The van der Waals surface area contributed by atoms with Gasteiger partial charge in [-0.15, -0.1) is 0 Å². The molecule has 1 rings (SSSR count). The highest BCUT2D eigenvalue weighted by Crippen LogP contribution is 2.20. The SMILES string of the molecule is CCCOc1cccnc1NCCO. The summed E-state index contributed by atoms with van der Waals surface area (Å²) in [5.41, 5.74) is 0. The van der Waals surface area contributed by atoms with Crippen LogP contribution in [-0.2, 0) is 0 Å². The van der Waals surface area contributed by atoms with Crippen LogP contribution < -0.4 is 10.1 Å². The number of rotatable bonds is 6. The highest BCUT2D eigenvalue weighted by molar-refractivity contribution is 5.49. The number of nitrogens with one attached hydrogen (secondary N) is 1. The molecule has 4 heteroatoms. The lowest BCUT2D eigenvalue weighted by atomic mass is 10.4. The first kappa shape index (κ1) is 10.8. The van der Waals surface area contributed by atoms with Crippen molar-refractivity contribution in [1.82, 2.24) is 4.98 Å². The summed E-state index contributed by atoms with van der Waals surface area (Å²) in [6.45, 7) is 3.31. The van der Waals surface area contributed by atoms with E-state index in [-0.39, 0.29) is 6.61 Å². The lowest BCUT2D eigenvalue weighted by molar-refractivity contribution is 0.308. The number of aliphatic hydroxyl groups excluding tert-OH is 1. The maximum Gasteiger partial charge on any atom is 0.168 e. The zero-order valence-corrected chi connectivity index (χ0v) is 8.36. The molecule has 0 saturated heterocycles. The van der Waals surface area contributed by atoms with Crippen LogP contribution in [0.2, 0.25) is 0 Å². The van der Waals surface area contributed by atoms with Crippen molar-refractivity contribution in [2.45, 2.75) is 13.3 Å². The van der Waals surface area contributed by atoms with Crippen molar-refractivity contribution >= 4 is 5.82 Å². The Hall–Kier alpha value is -1.29. The molecule has 1 heterocycles. The van der Waals surface area contributed by atoms with Crippen molar-refractivity contribution in [3.05, 3.63) is 18.3 Å². The van der Waals surface area contributed by atoms with Gasteiger partial charge in [0.15, 0.2) is 11.6 Å². The van der Waals surface area contributed by atoms with Gasteiger partial charge in [0.1, 0.15) is 0 Å². The Morgan fingerprint density at radius 3 is 3.14 bits per heavy atom. The third-order valence-corrected chi connectivity index (χ3v) is 1.64. The summed E-state index contributed by atoms with van der Waals surface area (Å²) in [6.07, 6.45) is 2.66. The maximum absolute atomic E-state index is 8.66. The fourth-order valence-electron chi connectivity index (χ4n) is 1.03. The molecule has 78 valence electrons. The molecule has 1 aromatic rings. The molecule has 0 aliphatic carbocycles. The van der Waals surface area contributed by atoms with Gasteiger partial charge in [0.05, 0.1) is 13.2 Å². The number of pyridine rings is 1. The first-order valence-electron chi connectivity index (χ1n) is 4.81. The smallest absolute Gasteiger partial charge is 0.168 e. The maximum atomic E-state index is 8.66. The van der Waals surface area contributed by atoms with Crippen molar-refractivity contribution in [2.24, 2.45) is 0 Å². The molecule has 4 nitrogen and oxygen atoms in total. The Morgan fingerprint density at radius 2 is 2.43 bits per heavy atom. The molecule has 0 saturated carbocycles. The van der Waals surface area contributed by atoms with Crippen LogP contribution in [0.4, 0.5) is 5.82 Å². The molecule has 0 spiro atoms. The molecular weight excluding hydrogens is 180 g/mol. The summed E-state index contributed by atoms with van der Waals surface area (Å²) < 4.78 is 5.48. The fourth-order valence-corrected chi connectivity index (χ4v) is 1.03. The van der Waals surface area contributed by atoms with E-state index in [4.69, 9.17) is 9.84 Å². The summed E-state index contributed by atoms with van der Waals surface area (Å²) in [7, 11) is 0. The summed E-state index contributed by atoms with van der Waals surface area (Å²) in [5.74, 6) is 1.43. The molecule has 0 aromatic carbocycles. The normalized spacial score (nSPS) is 9.86. The average molecular weight is 196 g/mol. The third-order valence-electron chi connectivity index (χ3n) is 1.64. The molecule has 0 radical (unpaired) electrons. The number of hydrogen-bond acceptors (Lipinski definition) is 4. The van der Waals surface area contributed by atoms with Gasteiger partial charge in [-0.3, -0.25) is 0 Å². The monoisotopic (exact) mass is 196 g/mol. The number of anilines is 1. The summed E-state index contributed by atoms with van der Waals surface area (Å²) >= 11 is 0. The summed E-state index contributed by atoms with van der Waals surface area (Å²) in [5, 5.41) is 11.6. The zero-order chi connectivity index (χ0) is 10.2. The zero-order valence-electron chi connectivity index (χ0n) is 8.36. The van der Waals surface area contributed by atoms with Crippen LogP contribution in [0.3, 0.4) is 0 Å². The molecule has 0 atom stereocenters. The van der Waals surface area contributed by atoms with E-state index in [0.717, 1.165) is 12.2 Å². The van der Waals surface area contributed by atoms with Gasteiger partial charge in [-0.2, -0.15) is 0 Å². The second kappa shape index (κ2) is 6.21. The summed E-state index contributed by atoms with van der Waals surface area (Å²) in [4.78, 5) is 4.12. The fraction of sp³-hybridized carbons (Fsp3) is 0.500.